The van der Waals surface area contributed by atoms with Gasteiger partial charge >= 0.3 is 0 Å². The summed E-state index contributed by atoms with van der Waals surface area (Å²) in [4.78, 5) is 11.2. The highest BCUT2D eigenvalue weighted by molar-refractivity contribution is 5.77. The zero-order valence-electron chi connectivity index (χ0n) is 10.0. The molecule has 0 unspecified atom stereocenters. The molecule has 17 heavy (non-hydrogen) atoms. The largest absolute Gasteiger partial charge is 0.484 e. The standard InChI is InChI=1S/C12H17FN2O2/c1-3-15-12(16)8-17-11-5-9(7-14-2)4-10(13)6-11/h4-6,14H,3,7-8H2,1-2H3,(H,15,16). The van der Waals surface area contributed by atoms with Crippen LogP contribution in [0.25, 0.3) is 0 Å². The van der Waals surface area contributed by atoms with Crippen molar-refractivity contribution in [1.29, 1.82) is 0 Å². The fourth-order valence-electron chi connectivity index (χ4n) is 1.41. The van der Waals surface area contributed by atoms with E-state index >= 15 is 0 Å². The summed E-state index contributed by atoms with van der Waals surface area (Å²) in [7, 11) is 1.78. The number of carbonyl (C=O) groups is 1. The average Bonchev–Trinajstić information content (AvgIpc) is 2.26. The fourth-order valence-corrected chi connectivity index (χ4v) is 1.41. The molecular weight excluding hydrogens is 223 g/mol. The Balaban J connectivity index is 2.61. The smallest absolute Gasteiger partial charge is 0.257 e. The number of hydrogen-bond acceptors (Lipinski definition) is 3. The van der Waals surface area contributed by atoms with Crippen LogP contribution in [0.5, 0.6) is 5.75 Å². The van der Waals surface area contributed by atoms with Crippen molar-refractivity contribution >= 4 is 5.91 Å². The first-order valence-corrected chi connectivity index (χ1v) is 5.49. The summed E-state index contributed by atoms with van der Waals surface area (Å²) in [6.07, 6.45) is 0. The third-order valence-corrected chi connectivity index (χ3v) is 2.06. The molecule has 1 aromatic carbocycles. The van der Waals surface area contributed by atoms with Crippen LogP contribution in [0.4, 0.5) is 4.39 Å². The van der Waals surface area contributed by atoms with E-state index in [1.54, 1.807) is 13.1 Å². The molecule has 0 spiro atoms. The van der Waals surface area contributed by atoms with Crippen molar-refractivity contribution in [1.82, 2.24) is 10.6 Å². The lowest BCUT2D eigenvalue weighted by atomic mass is 10.2. The molecule has 4 nitrogen and oxygen atoms in total. The normalized spacial score (nSPS) is 10.1. The van der Waals surface area contributed by atoms with E-state index in [0.29, 0.717) is 18.8 Å². The number of hydrogen-bond donors (Lipinski definition) is 2. The number of likely N-dealkylation sites (N-methyl/N-ethyl adjacent to an activating group) is 1. The maximum Gasteiger partial charge on any atom is 0.257 e. The summed E-state index contributed by atoms with van der Waals surface area (Å²) in [5, 5.41) is 5.52. The number of benzene rings is 1. The summed E-state index contributed by atoms with van der Waals surface area (Å²) in [5.74, 6) is -0.225. The van der Waals surface area contributed by atoms with Gasteiger partial charge in [-0.2, -0.15) is 0 Å². The predicted molar refractivity (Wildman–Crippen MR) is 63.3 cm³/mol. The second-order valence-electron chi connectivity index (χ2n) is 3.57. The van der Waals surface area contributed by atoms with Gasteiger partial charge in [0.1, 0.15) is 11.6 Å². The molecule has 1 aromatic rings. The second-order valence-corrected chi connectivity index (χ2v) is 3.57. The Morgan fingerprint density at radius 1 is 1.41 bits per heavy atom. The lowest BCUT2D eigenvalue weighted by molar-refractivity contribution is -0.122. The molecule has 0 aliphatic carbocycles. The lowest BCUT2D eigenvalue weighted by Crippen LogP contribution is -2.28. The topological polar surface area (TPSA) is 50.4 Å². The van der Waals surface area contributed by atoms with Gasteiger partial charge in [0.25, 0.3) is 5.91 Å². The second kappa shape index (κ2) is 6.85. The molecule has 0 aromatic heterocycles. The number of carbonyl (C=O) groups excluding carboxylic acids is 1. The Bertz CT molecular complexity index is 383. The number of rotatable bonds is 6. The molecule has 0 saturated carbocycles. The molecule has 0 atom stereocenters. The van der Waals surface area contributed by atoms with Gasteiger partial charge in [0.05, 0.1) is 0 Å². The molecular formula is C12H17FN2O2. The molecule has 5 heteroatoms. The minimum Gasteiger partial charge on any atom is -0.484 e. The molecule has 0 radical (unpaired) electrons. The van der Waals surface area contributed by atoms with Crippen molar-refractivity contribution in [3.8, 4) is 5.75 Å². The quantitative estimate of drug-likeness (QED) is 0.781. The Morgan fingerprint density at radius 2 is 2.18 bits per heavy atom. The van der Waals surface area contributed by atoms with Crippen molar-refractivity contribution in [3.63, 3.8) is 0 Å². The van der Waals surface area contributed by atoms with Crippen molar-refractivity contribution in [2.24, 2.45) is 0 Å². The molecule has 0 heterocycles. The third-order valence-electron chi connectivity index (χ3n) is 2.06. The van der Waals surface area contributed by atoms with Gasteiger partial charge in [-0.3, -0.25) is 4.79 Å². The molecule has 0 saturated heterocycles. The third kappa shape index (κ3) is 4.82. The first kappa shape index (κ1) is 13.4. The van der Waals surface area contributed by atoms with Crippen LogP contribution in [0.3, 0.4) is 0 Å². The number of amides is 1. The molecule has 0 aliphatic rings. The Kier molecular flexibility index (Phi) is 5.42. The first-order valence-electron chi connectivity index (χ1n) is 5.49. The molecule has 0 aliphatic heterocycles. The molecule has 1 rings (SSSR count). The molecule has 0 bridgehead atoms. The monoisotopic (exact) mass is 240 g/mol. The number of ether oxygens (including phenoxy) is 1. The highest BCUT2D eigenvalue weighted by atomic mass is 19.1. The summed E-state index contributed by atoms with van der Waals surface area (Å²) in [6, 6.07) is 4.40. The molecule has 2 N–H and O–H groups in total. The summed E-state index contributed by atoms with van der Waals surface area (Å²) in [6.45, 7) is 2.83. The zero-order valence-corrected chi connectivity index (χ0v) is 10.0. The molecule has 94 valence electrons. The summed E-state index contributed by atoms with van der Waals surface area (Å²) in [5.41, 5.74) is 0.776. The first-order chi connectivity index (χ1) is 8.15. The SMILES string of the molecule is CCNC(=O)COc1cc(F)cc(CNC)c1. The van der Waals surface area contributed by atoms with E-state index in [4.69, 9.17) is 4.74 Å². The van der Waals surface area contributed by atoms with Gasteiger partial charge in [-0.15, -0.1) is 0 Å². The van der Waals surface area contributed by atoms with Crippen LogP contribution in [0, 0.1) is 5.82 Å². The van der Waals surface area contributed by atoms with E-state index in [9.17, 15) is 9.18 Å². The maximum atomic E-state index is 13.2. The minimum atomic E-state index is -0.372. The predicted octanol–water partition coefficient (Wildman–Crippen LogP) is 1.06. The van der Waals surface area contributed by atoms with E-state index in [1.165, 1.54) is 12.1 Å². The number of halogens is 1. The average molecular weight is 240 g/mol. The Labute approximate surface area is 100 Å². The van der Waals surface area contributed by atoms with Gasteiger partial charge in [0.2, 0.25) is 0 Å². The van der Waals surface area contributed by atoms with Crippen LogP contribution in [-0.2, 0) is 11.3 Å². The minimum absolute atomic E-state index is 0.101. The van der Waals surface area contributed by atoms with Gasteiger partial charge in [-0.25, -0.2) is 4.39 Å². The highest BCUT2D eigenvalue weighted by Crippen LogP contribution is 2.16. The van der Waals surface area contributed by atoms with Crippen molar-refractivity contribution in [3.05, 3.63) is 29.6 Å². The van der Waals surface area contributed by atoms with Crippen LogP contribution in [0.2, 0.25) is 0 Å². The Hall–Kier alpha value is -1.62. The summed E-state index contributed by atoms with van der Waals surface area (Å²) < 4.78 is 18.4. The fraction of sp³-hybridized carbons (Fsp3) is 0.417. The van der Waals surface area contributed by atoms with Gasteiger partial charge in [-0.05, 0) is 31.7 Å². The molecule has 0 fully saturated rings. The van der Waals surface area contributed by atoms with Crippen LogP contribution in [0.1, 0.15) is 12.5 Å². The Morgan fingerprint density at radius 3 is 2.82 bits per heavy atom. The zero-order chi connectivity index (χ0) is 12.7. The van der Waals surface area contributed by atoms with E-state index in [1.807, 2.05) is 6.92 Å². The van der Waals surface area contributed by atoms with Crippen LogP contribution >= 0.6 is 0 Å². The van der Waals surface area contributed by atoms with Gasteiger partial charge < -0.3 is 15.4 Å². The van der Waals surface area contributed by atoms with Crippen LogP contribution in [-0.4, -0.2) is 26.1 Å². The van der Waals surface area contributed by atoms with Crippen molar-refractivity contribution in [2.75, 3.05) is 20.2 Å². The van der Waals surface area contributed by atoms with E-state index in [-0.39, 0.29) is 18.3 Å². The van der Waals surface area contributed by atoms with Crippen molar-refractivity contribution in [2.45, 2.75) is 13.5 Å². The van der Waals surface area contributed by atoms with Crippen LogP contribution < -0.4 is 15.4 Å². The number of nitrogens with one attached hydrogen (secondary N) is 2. The molecule has 1 amide bonds. The van der Waals surface area contributed by atoms with Gasteiger partial charge in [-0.1, -0.05) is 0 Å². The van der Waals surface area contributed by atoms with E-state index in [0.717, 1.165) is 5.56 Å². The van der Waals surface area contributed by atoms with Gasteiger partial charge in [0, 0.05) is 19.2 Å². The lowest BCUT2D eigenvalue weighted by Gasteiger charge is -2.08. The van der Waals surface area contributed by atoms with E-state index in [2.05, 4.69) is 10.6 Å². The van der Waals surface area contributed by atoms with Gasteiger partial charge in [0.15, 0.2) is 6.61 Å². The highest BCUT2D eigenvalue weighted by Gasteiger charge is 2.04. The maximum absolute atomic E-state index is 13.2. The van der Waals surface area contributed by atoms with Crippen molar-refractivity contribution < 1.29 is 13.9 Å². The van der Waals surface area contributed by atoms with Crippen LogP contribution in [0.15, 0.2) is 18.2 Å². The summed E-state index contributed by atoms with van der Waals surface area (Å²) >= 11 is 0. The van der Waals surface area contributed by atoms with E-state index < -0.39 is 0 Å².